The maximum atomic E-state index is 13.0. The molecule has 34 heavy (non-hydrogen) atoms. The number of esters is 2. The van der Waals surface area contributed by atoms with Crippen LogP contribution in [0.2, 0.25) is 0 Å². The Balaban J connectivity index is 1.66. The molecule has 3 unspecified atom stereocenters. The molecule has 2 aliphatic heterocycles. The molecule has 0 bridgehead atoms. The Morgan fingerprint density at radius 3 is 2.03 bits per heavy atom. The van der Waals surface area contributed by atoms with Gasteiger partial charge in [0.1, 0.15) is 6.10 Å². The fraction of sp³-hybridized carbons (Fsp3) is 0.929. The van der Waals surface area contributed by atoms with Gasteiger partial charge in [0, 0.05) is 22.2 Å². The number of ether oxygens (including phenoxy) is 2. The monoisotopic (exact) mass is 480 g/mol. The average molecular weight is 481 g/mol. The quantitative estimate of drug-likeness (QED) is 0.312. The van der Waals surface area contributed by atoms with Gasteiger partial charge in [0.25, 0.3) is 0 Å². The summed E-state index contributed by atoms with van der Waals surface area (Å²) in [5, 5.41) is 3.54. The first-order valence-electron chi connectivity index (χ1n) is 13.4. The smallest absolute Gasteiger partial charge is 0.311 e. The van der Waals surface area contributed by atoms with Gasteiger partial charge in [0.2, 0.25) is 0 Å². The largest absolute Gasteiger partial charge is 0.465 e. The molecule has 2 fully saturated rings. The Morgan fingerprint density at radius 2 is 1.53 bits per heavy atom. The second-order valence-corrected chi connectivity index (χ2v) is 13.1. The van der Waals surface area contributed by atoms with Crippen molar-refractivity contribution in [3.63, 3.8) is 0 Å². The molecule has 0 radical (unpaired) electrons. The Morgan fingerprint density at radius 1 is 0.912 bits per heavy atom. The molecule has 1 N–H and O–H groups in total. The van der Waals surface area contributed by atoms with Gasteiger partial charge in [-0.25, -0.2) is 0 Å². The maximum absolute atomic E-state index is 13.0. The minimum absolute atomic E-state index is 0.00140. The highest BCUT2D eigenvalue weighted by Gasteiger charge is 2.53. The van der Waals surface area contributed by atoms with Crippen LogP contribution in [-0.4, -0.2) is 58.8 Å². The molecule has 2 rings (SSSR count). The second-order valence-electron chi connectivity index (χ2n) is 13.1. The molecule has 0 saturated carbocycles. The molecule has 2 aliphatic rings. The van der Waals surface area contributed by atoms with Crippen LogP contribution in [0.1, 0.15) is 114 Å². The molecule has 6 heteroatoms. The Hall–Kier alpha value is -1.14. The van der Waals surface area contributed by atoms with Gasteiger partial charge in [-0.1, -0.05) is 19.8 Å². The fourth-order valence-corrected chi connectivity index (χ4v) is 6.12. The van der Waals surface area contributed by atoms with Crippen molar-refractivity contribution < 1.29 is 19.1 Å². The second kappa shape index (κ2) is 10.9. The summed E-state index contributed by atoms with van der Waals surface area (Å²) < 4.78 is 11.6. The highest BCUT2D eigenvalue weighted by molar-refractivity contribution is 5.75. The predicted molar refractivity (Wildman–Crippen MR) is 138 cm³/mol. The van der Waals surface area contributed by atoms with Crippen LogP contribution in [0.5, 0.6) is 0 Å². The summed E-state index contributed by atoms with van der Waals surface area (Å²) >= 11 is 0. The van der Waals surface area contributed by atoms with Crippen molar-refractivity contribution >= 4 is 11.9 Å². The van der Waals surface area contributed by atoms with Crippen molar-refractivity contribution in [3.8, 4) is 0 Å². The van der Waals surface area contributed by atoms with Gasteiger partial charge < -0.3 is 14.8 Å². The summed E-state index contributed by atoms with van der Waals surface area (Å²) in [5.74, 6) is -0.321. The molecule has 0 aromatic carbocycles. The highest BCUT2D eigenvalue weighted by atomic mass is 16.5. The van der Waals surface area contributed by atoms with Crippen molar-refractivity contribution in [3.05, 3.63) is 0 Å². The molecule has 198 valence electrons. The minimum Gasteiger partial charge on any atom is -0.465 e. The first-order chi connectivity index (χ1) is 15.5. The lowest BCUT2D eigenvalue weighted by Gasteiger charge is -2.38. The van der Waals surface area contributed by atoms with Crippen LogP contribution in [0, 0.1) is 11.8 Å². The normalized spacial score (nSPS) is 27.9. The lowest BCUT2D eigenvalue weighted by atomic mass is 9.87. The summed E-state index contributed by atoms with van der Waals surface area (Å²) in [7, 11) is 2.11. The first kappa shape index (κ1) is 29.1. The third-order valence-electron chi connectivity index (χ3n) is 8.55. The number of likely N-dealkylation sites (tertiary alicyclic amines) is 1. The number of carbonyl (C=O) groups is 2. The van der Waals surface area contributed by atoms with E-state index in [-0.39, 0.29) is 52.0 Å². The van der Waals surface area contributed by atoms with Gasteiger partial charge >= 0.3 is 11.9 Å². The van der Waals surface area contributed by atoms with E-state index in [0.717, 1.165) is 51.4 Å². The van der Waals surface area contributed by atoms with Crippen LogP contribution < -0.4 is 5.32 Å². The van der Waals surface area contributed by atoms with E-state index in [1.807, 2.05) is 0 Å². The average Bonchev–Trinajstić information content (AvgIpc) is 3.04. The maximum Gasteiger partial charge on any atom is 0.311 e. The molecule has 2 heterocycles. The summed E-state index contributed by atoms with van der Waals surface area (Å²) in [4.78, 5) is 27.9. The van der Waals surface area contributed by atoms with E-state index >= 15 is 0 Å². The van der Waals surface area contributed by atoms with Crippen LogP contribution >= 0.6 is 0 Å². The molecule has 0 spiro atoms. The van der Waals surface area contributed by atoms with Gasteiger partial charge in [-0.15, -0.1) is 0 Å². The van der Waals surface area contributed by atoms with Crippen LogP contribution in [0.25, 0.3) is 0 Å². The SMILES string of the molecule is CCC(CCCCCCOC(=O)C1CC(C)(C)NC1(C)C)OC(=O)C1CC(C)(C)N(C)C1(C)C. The molecule has 0 aromatic rings. The van der Waals surface area contributed by atoms with Gasteiger partial charge in [-0.05, 0) is 101 Å². The van der Waals surface area contributed by atoms with Crippen LogP contribution in [0.15, 0.2) is 0 Å². The molecule has 0 aromatic heterocycles. The molecule has 0 amide bonds. The number of carbonyl (C=O) groups excluding carboxylic acids is 2. The van der Waals surface area contributed by atoms with Gasteiger partial charge in [0.05, 0.1) is 18.4 Å². The van der Waals surface area contributed by atoms with Crippen molar-refractivity contribution in [1.82, 2.24) is 10.2 Å². The van der Waals surface area contributed by atoms with Crippen molar-refractivity contribution in [2.24, 2.45) is 11.8 Å². The summed E-state index contributed by atoms with van der Waals surface area (Å²) in [6, 6.07) is 0. The molecular weight excluding hydrogens is 428 g/mol. The van der Waals surface area contributed by atoms with E-state index < -0.39 is 0 Å². The van der Waals surface area contributed by atoms with E-state index in [4.69, 9.17) is 9.47 Å². The Labute approximate surface area is 208 Å². The van der Waals surface area contributed by atoms with Crippen LogP contribution in [0.4, 0.5) is 0 Å². The van der Waals surface area contributed by atoms with Gasteiger partial charge in [-0.3, -0.25) is 14.5 Å². The van der Waals surface area contributed by atoms with Crippen molar-refractivity contribution in [2.45, 2.75) is 142 Å². The van der Waals surface area contributed by atoms with Gasteiger partial charge in [-0.2, -0.15) is 0 Å². The number of unbranched alkanes of at least 4 members (excludes halogenated alkanes) is 3. The predicted octanol–water partition coefficient (Wildman–Crippen LogP) is 5.48. The van der Waals surface area contributed by atoms with E-state index in [0.29, 0.717) is 6.61 Å². The number of hydrogen-bond acceptors (Lipinski definition) is 6. The zero-order valence-electron chi connectivity index (χ0n) is 23.7. The van der Waals surface area contributed by atoms with Gasteiger partial charge in [0.15, 0.2) is 0 Å². The van der Waals surface area contributed by atoms with Crippen molar-refractivity contribution in [1.29, 1.82) is 0 Å². The van der Waals surface area contributed by atoms with E-state index in [1.54, 1.807) is 0 Å². The molecule has 3 atom stereocenters. The molecule has 2 saturated heterocycles. The topological polar surface area (TPSA) is 67.9 Å². The highest BCUT2D eigenvalue weighted by Crippen LogP contribution is 2.44. The third kappa shape index (κ3) is 6.96. The zero-order valence-corrected chi connectivity index (χ0v) is 23.7. The van der Waals surface area contributed by atoms with E-state index in [1.165, 1.54) is 0 Å². The van der Waals surface area contributed by atoms with Crippen LogP contribution in [-0.2, 0) is 19.1 Å². The number of nitrogens with zero attached hydrogens (tertiary/aromatic N) is 1. The molecule has 6 nitrogen and oxygen atoms in total. The lowest BCUT2D eigenvalue weighted by Crippen LogP contribution is -2.48. The summed E-state index contributed by atoms with van der Waals surface area (Å²) in [5.41, 5.74) is -0.466. The lowest BCUT2D eigenvalue weighted by molar-refractivity contribution is -0.157. The first-order valence-corrected chi connectivity index (χ1v) is 13.4. The zero-order chi connectivity index (χ0) is 25.9. The van der Waals surface area contributed by atoms with Crippen LogP contribution in [0.3, 0.4) is 0 Å². The standard InChI is InChI=1S/C28H52N2O4/c1-11-20(34-24(32)22-19-26(4,5)30(10)28(22,8)9)16-14-12-13-15-17-33-23(31)21-18-25(2,3)29-27(21,6)7/h20-22,29H,11-19H2,1-10H3. The number of hydrogen-bond donors (Lipinski definition) is 1. The van der Waals surface area contributed by atoms with E-state index in [9.17, 15) is 9.59 Å². The Kier molecular flexibility index (Phi) is 9.29. The number of nitrogens with one attached hydrogen (secondary N) is 1. The fourth-order valence-electron chi connectivity index (χ4n) is 6.12. The number of rotatable bonds is 11. The summed E-state index contributed by atoms with van der Waals surface area (Å²) in [6.45, 7) is 19.7. The third-order valence-corrected chi connectivity index (χ3v) is 8.55. The van der Waals surface area contributed by atoms with E-state index in [2.05, 4.69) is 79.6 Å². The molecule has 0 aliphatic carbocycles. The summed E-state index contributed by atoms with van der Waals surface area (Å²) in [6.07, 6.45) is 7.33. The molecular formula is C28H52N2O4. The Bertz CT molecular complexity index is 713. The van der Waals surface area contributed by atoms with Crippen molar-refractivity contribution in [2.75, 3.05) is 13.7 Å². The minimum atomic E-state index is -0.230.